The van der Waals surface area contributed by atoms with E-state index >= 15 is 0 Å². The first-order valence-electron chi connectivity index (χ1n) is 7.44. The Hall–Kier alpha value is -1.13. The minimum atomic E-state index is -0.655. The van der Waals surface area contributed by atoms with Crippen LogP contribution in [0, 0.1) is 19.8 Å². The SMILES string of the molecule is CCC1CNCCC1(O)Cc1ncc(C)c(OC)c1C. The van der Waals surface area contributed by atoms with Gasteiger partial charge in [0.05, 0.1) is 12.7 Å². The summed E-state index contributed by atoms with van der Waals surface area (Å²) >= 11 is 0. The topological polar surface area (TPSA) is 54.4 Å². The third-order valence-electron chi connectivity index (χ3n) is 4.60. The molecule has 1 aromatic rings. The van der Waals surface area contributed by atoms with Crippen LogP contribution < -0.4 is 10.1 Å². The fraction of sp³-hybridized carbons (Fsp3) is 0.688. The molecular formula is C16H26N2O2. The van der Waals surface area contributed by atoms with Gasteiger partial charge in [-0.2, -0.15) is 0 Å². The fourth-order valence-electron chi connectivity index (χ4n) is 3.27. The largest absolute Gasteiger partial charge is 0.496 e. The molecular weight excluding hydrogens is 252 g/mol. The second-order valence-electron chi connectivity index (χ2n) is 5.89. The van der Waals surface area contributed by atoms with Gasteiger partial charge >= 0.3 is 0 Å². The molecule has 2 N–H and O–H groups in total. The van der Waals surface area contributed by atoms with Crippen LogP contribution in [0.15, 0.2) is 6.20 Å². The van der Waals surface area contributed by atoms with Gasteiger partial charge in [0.15, 0.2) is 0 Å². The van der Waals surface area contributed by atoms with Gasteiger partial charge in [-0.15, -0.1) is 0 Å². The Morgan fingerprint density at radius 2 is 2.25 bits per heavy atom. The van der Waals surface area contributed by atoms with Crippen molar-refractivity contribution in [2.45, 2.75) is 45.6 Å². The van der Waals surface area contributed by atoms with Crippen molar-refractivity contribution in [2.24, 2.45) is 5.92 Å². The summed E-state index contributed by atoms with van der Waals surface area (Å²) in [5.74, 6) is 1.17. The third-order valence-corrected chi connectivity index (χ3v) is 4.60. The molecule has 1 aliphatic heterocycles. The summed E-state index contributed by atoms with van der Waals surface area (Å²) in [7, 11) is 1.69. The highest BCUT2D eigenvalue weighted by atomic mass is 16.5. The molecule has 1 aromatic heterocycles. The van der Waals surface area contributed by atoms with E-state index in [1.54, 1.807) is 7.11 Å². The second kappa shape index (κ2) is 6.10. The minimum absolute atomic E-state index is 0.282. The van der Waals surface area contributed by atoms with Crippen LogP contribution in [0.25, 0.3) is 0 Å². The number of methoxy groups -OCH3 is 1. The first-order valence-corrected chi connectivity index (χ1v) is 7.44. The minimum Gasteiger partial charge on any atom is -0.496 e. The van der Waals surface area contributed by atoms with E-state index in [2.05, 4.69) is 17.2 Å². The highest BCUT2D eigenvalue weighted by molar-refractivity contribution is 5.41. The number of nitrogens with zero attached hydrogens (tertiary/aromatic N) is 1. The number of aryl methyl sites for hydroxylation is 1. The number of nitrogens with one attached hydrogen (secondary N) is 1. The monoisotopic (exact) mass is 278 g/mol. The molecule has 0 amide bonds. The van der Waals surface area contributed by atoms with E-state index < -0.39 is 5.60 Å². The lowest BCUT2D eigenvalue weighted by molar-refractivity contribution is -0.0422. The molecule has 20 heavy (non-hydrogen) atoms. The van der Waals surface area contributed by atoms with E-state index in [1.165, 1.54) is 0 Å². The van der Waals surface area contributed by atoms with Gasteiger partial charge in [0.1, 0.15) is 5.75 Å². The van der Waals surface area contributed by atoms with Gasteiger partial charge in [0, 0.05) is 41.9 Å². The zero-order valence-corrected chi connectivity index (χ0v) is 13.0. The first-order chi connectivity index (χ1) is 9.51. The molecule has 0 aromatic carbocycles. The number of pyridine rings is 1. The molecule has 0 aliphatic carbocycles. The number of ether oxygens (including phenoxy) is 1. The maximum atomic E-state index is 11.0. The van der Waals surface area contributed by atoms with Gasteiger partial charge in [-0.1, -0.05) is 6.92 Å². The van der Waals surface area contributed by atoms with Crippen molar-refractivity contribution in [1.29, 1.82) is 0 Å². The number of piperidine rings is 1. The summed E-state index contributed by atoms with van der Waals surface area (Å²) < 4.78 is 5.46. The van der Waals surface area contributed by atoms with Crippen LogP contribution in [0.2, 0.25) is 0 Å². The van der Waals surface area contributed by atoms with E-state index in [-0.39, 0.29) is 5.92 Å². The average molecular weight is 278 g/mol. The fourth-order valence-corrected chi connectivity index (χ4v) is 3.27. The van der Waals surface area contributed by atoms with Crippen LogP contribution in [-0.4, -0.2) is 35.9 Å². The van der Waals surface area contributed by atoms with Crippen molar-refractivity contribution in [3.63, 3.8) is 0 Å². The van der Waals surface area contributed by atoms with Crippen LogP contribution in [0.5, 0.6) is 5.75 Å². The number of hydrogen-bond donors (Lipinski definition) is 2. The summed E-state index contributed by atoms with van der Waals surface area (Å²) in [4.78, 5) is 4.53. The Balaban J connectivity index is 2.29. The van der Waals surface area contributed by atoms with Crippen molar-refractivity contribution in [2.75, 3.05) is 20.2 Å². The van der Waals surface area contributed by atoms with E-state index in [4.69, 9.17) is 4.74 Å². The molecule has 2 rings (SSSR count). The van der Waals surface area contributed by atoms with Gasteiger partial charge in [-0.05, 0) is 33.2 Å². The van der Waals surface area contributed by atoms with E-state index in [0.29, 0.717) is 6.42 Å². The Bertz CT molecular complexity index is 476. The lowest BCUT2D eigenvalue weighted by atomic mass is 9.76. The molecule has 112 valence electrons. The van der Waals surface area contributed by atoms with Gasteiger partial charge < -0.3 is 15.2 Å². The Morgan fingerprint density at radius 3 is 2.90 bits per heavy atom. The predicted octanol–water partition coefficient (Wildman–Crippen LogP) is 2.00. The molecule has 2 atom stereocenters. The summed E-state index contributed by atoms with van der Waals surface area (Å²) in [6.07, 6.45) is 4.20. The van der Waals surface area contributed by atoms with Crippen molar-refractivity contribution in [1.82, 2.24) is 10.3 Å². The number of hydrogen-bond acceptors (Lipinski definition) is 4. The van der Waals surface area contributed by atoms with Crippen LogP contribution in [0.4, 0.5) is 0 Å². The lowest BCUT2D eigenvalue weighted by Gasteiger charge is -2.40. The third kappa shape index (κ3) is 2.81. The predicted molar refractivity (Wildman–Crippen MR) is 80.2 cm³/mol. The summed E-state index contributed by atoms with van der Waals surface area (Å²) in [5.41, 5.74) is 2.39. The molecule has 4 heteroatoms. The molecule has 4 nitrogen and oxygen atoms in total. The Labute approximate surface area is 121 Å². The number of rotatable bonds is 4. The van der Waals surface area contributed by atoms with Gasteiger partial charge in [-0.25, -0.2) is 0 Å². The maximum absolute atomic E-state index is 11.0. The molecule has 0 radical (unpaired) electrons. The highest BCUT2D eigenvalue weighted by Crippen LogP contribution is 2.33. The van der Waals surface area contributed by atoms with Gasteiger partial charge in [-0.3, -0.25) is 4.98 Å². The number of aromatic nitrogens is 1. The first kappa shape index (κ1) is 15.3. The zero-order valence-electron chi connectivity index (χ0n) is 13.0. The van der Waals surface area contributed by atoms with Crippen molar-refractivity contribution >= 4 is 0 Å². The Morgan fingerprint density at radius 1 is 1.50 bits per heavy atom. The molecule has 2 heterocycles. The van der Waals surface area contributed by atoms with Gasteiger partial charge in [0.2, 0.25) is 0 Å². The zero-order chi connectivity index (χ0) is 14.8. The molecule has 1 saturated heterocycles. The van der Waals surface area contributed by atoms with Crippen LogP contribution >= 0.6 is 0 Å². The molecule has 1 aliphatic rings. The van der Waals surface area contributed by atoms with Crippen molar-refractivity contribution in [3.8, 4) is 5.75 Å². The number of aliphatic hydroxyl groups is 1. The molecule has 0 saturated carbocycles. The van der Waals surface area contributed by atoms with Crippen LogP contribution in [-0.2, 0) is 6.42 Å². The maximum Gasteiger partial charge on any atom is 0.128 e. The normalized spacial score (nSPS) is 26.6. The smallest absolute Gasteiger partial charge is 0.128 e. The lowest BCUT2D eigenvalue weighted by Crippen LogP contribution is -2.51. The standard InChI is InChI=1S/C16H26N2O2/c1-5-13-10-17-7-6-16(13,19)8-14-12(3)15(20-4)11(2)9-18-14/h9,13,17,19H,5-8,10H2,1-4H3. The summed E-state index contributed by atoms with van der Waals surface area (Å²) in [5, 5.41) is 14.4. The summed E-state index contributed by atoms with van der Waals surface area (Å²) in [6.45, 7) is 7.92. The van der Waals surface area contributed by atoms with E-state index in [0.717, 1.165) is 48.5 Å². The molecule has 0 bridgehead atoms. The highest BCUT2D eigenvalue weighted by Gasteiger charge is 2.38. The molecule has 1 fully saturated rings. The molecule has 2 unspecified atom stereocenters. The average Bonchev–Trinajstić information content (AvgIpc) is 2.43. The van der Waals surface area contributed by atoms with Crippen LogP contribution in [0.1, 0.15) is 36.6 Å². The van der Waals surface area contributed by atoms with E-state index in [1.807, 2.05) is 20.0 Å². The van der Waals surface area contributed by atoms with Gasteiger partial charge in [0.25, 0.3) is 0 Å². The van der Waals surface area contributed by atoms with Crippen LogP contribution in [0.3, 0.4) is 0 Å². The van der Waals surface area contributed by atoms with Crippen molar-refractivity contribution in [3.05, 3.63) is 23.0 Å². The second-order valence-corrected chi connectivity index (χ2v) is 5.89. The quantitative estimate of drug-likeness (QED) is 0.884. The van der Waals surface area contributed by atoms with E-state index in [9.17, 15) is 5.11 Å². The Kier molecular flexibility index (Phi) is 4.66. The van der Waals surface area contributed by atoms with Crippen molar-refractivity contribution < 1.29 is 9.84 Å². The molecule has 0 spiro atoms. The summed E-state index contributed by atoms with van der Waals surface area (Å²) in [6, 6.07) is 0.